The number of hydrogen-bond donors (Lipinski definition) is 1. The number of hydrogen-bond acceptors (Lipinski definition) is 2. The topological polar surface area (TPSA) is 54.4 Å². The Morgan fingerprint density at radius 2 is 1.93 bits per heavy atom. The van der Waals surface area contributed by atoms with Crippen LogP contribution in [0.4, 0.5) is 0 Å². The summed E-state index contributed by atoms with van der Waals surface area (Å²) in [4.78, 5) is 21.6. The van der Waals surface area contributed by atoms with Crippen molar-refractivity contribution in [3.63, 3.8) is 0 Å². The van der Waals surface area contributed by atoms with Crippen LogP contribution in [0.15, 0.2) is 36.4 Å². The van der Waals surface area contributed by atoms with Gasteiger partial charge in [-0.05, 0) is 22.9 Å². The number of carboxylic acids is 1. The lowest BCUT2D eigenvalue weighted by Crippen LogP contribution is -1.99. The first-order valence-electron chi connectivity index (χ1n) is 4.43. The minimum atomic E-state index is -1.02. The van der Waals surface area contributed by atoms with Crippen molar-refractivity contribution < 1.29 is 14.7 Å². The van der Waals surface area contributed by atoms with Gasteiger partial charge in [-0.2, -0.15) is 0 Å². The summed E-state index contributed by atoms with van der Waals surface area (Å²) in [7, 11) is 0. The smallest absolute Gasteiger partial charge is 0.336 e. The predicted octanol–water partition coefficient (Wildman–Crippen LogP) is 2.35. The van der Waals surface area contributed by atoms with Crippen LogP contribution in [0.1, 0.15) is 20.7 Å². The number of carboxylic acid groups (broad SMARTS) is 1. The Kier molecular flexibility index (Phi) is 2.21. The summed E-state index contributed by atoms with van der Waals surface area (Å²) < 4.78 is 0. The molecule has 15 heavy (non-hydrogen) atoms. The number of aldehydes is 1. The van der Waals surface area contributed by atoms with E-state index in [0.29, 0.717) is 17.2 Å². The van der Waals surface area contributed by atoms with Crippen LogP contribution in [0.3, 0.4) is 0 Å². The zero-order valence-electron chi connectivity index (χ0n) is 7.81. The quantitative estimate of drug-likeness (QED) is 0.757. The van der Waals surface area contributed by atoms with Crippen molar-refractivity contribution in [1.82, 2.24) is 0 Å². The van der Waals surface area contributed by atoms with Crippen LogP contribution >= 0.6 is 0 Å². The molecule has 0 radical (unpaired) electrons. The molecule has 2 aromatic rings. The zero-order valence-corrected chi connectivity index (χ0v) is 7.81. The zero-order chi connectivity index (χ0) is 10.8. The molecule has 0 atom stereocenters. The maximum atomic E-state index is 11.0. The van der Waals surface area contributed by atoms with E-state index < -0.39 is 5.97 Å². The van der Waals surface area contributed by atoms with Crippen molar-refractivity contribution in [3.05, 3.63) is 47.5 Å². The van der Waals surface area contributed by atoms with Crippen LogP contribution < -0.4 is 0 Å². The van der Waals surface area contributed by atoms with Gasteiger partial charge in [-0.25, -0.2) is 4.79 Å². The van der Waals surface area contributed by atoms with Crippen LogP contribution in [-0.2, 0) is 0 Å². The van der Waals surface area contributed by atoms with Gasteiger partial charge in [0.05, 0.1) is 5.56 Å². The fourth-order valence-corrected chi connectivity index (χ4v) is 1.58. The Hall–Kier alpha value is -2.16. The number of aromatic carboxylic acids is 1. The van der Waals surface area contributed by atoms with Gasteiger partial charge < -0.3 is 5.11 Å². The van der Waals surface area contributed by atoms with Gasteiger partial charge >= 0.3 is 5.97 Å². The summed E-state index contributed by atoms with van der Waals surface area (Å²) in [6.45, 7) is 0. The summed E-state index contributed by atoms with van der Waals surface area (Å²) in [6.07, 6.45) is 0.652. The number of benzene rings is 2. The first-order valence-corrected chi connectivity index (χ1v) is 4.43. The number of carbonyl (C=O) groups is 2. The highest BCUT2D eigenvalue weighted by Gasteiger charge is 2.09. The van der Waals surface area contributed by atoms with Crippen LogP contribution in [-0.4, -0.2) is 17.4 Å². The van der Waals surface area contributed by atoms with Crippen molar-refractivity contribution >= 4 is 23.0 Å². The van der Waals surface area contributed by atoms with Gasteiger partial charge in [-0.1, -0.05) is 24.3 Å². The second-order valence-corrected chi connectivity index (χ2v) is 3.21. The van der Waals surface area contributed by atoms with Gasteiger partial charge in [0.2, 0.25) is 0 Å². The Balaban J connectivity index is 2.86. The highest BCUT2D eigenvalue weighted by Crippen LogP contribution is 2.20. The first-order chi connectivity index (χ1) is 7.22. The molecular formula is C12H8O3. The molecule has 0 spiro atoms. The lowest BCUT2D eigenvalue weighted by Gasteiger charge is -2.03. The number of carbonyl (C=O) groups excluding carboxylic acids is 1. The highest BCUT2D eigenvalue weighted by molar-refractivity contribution is 6.05. The second kappa shape index (κ2) is 3.53. The minimum absolute atomic E-state index is 0.162. The molecule has 3 nitrogen and oxygen atoms in total. The molecule has 0 aliphatic rings. The molecule has 0 aliphatic heterocycles. The second-order valence-electron chi connectivity index (χ2n) is 3.21. The number of fused-ring (bicyclic) bond motifs is 1. The molecule has 0 aliphatic carbocycles. The molecule has 0 saturated carbocycles. The molecule has 0 unspecified atom stereocenters. The maximum absolute atomic E-state index is 11.0. The van der Waals surface area contributed by atoms with Crippen molar-refractivity contribution in [1.29, 1.82) is 0 Å². The lowest BCUT2D eigenvalue weighted by molar-refractivity contribution is 0.0699. The third-order valence-electron chi connectivity index (χ3n) is 2.25. The third-order valence-corrected chi connectivity index (χ3v) is 2.25. The van der Waals surface area contributed by atoms with Crippen molar-refractivity contribution in [2.24, 2.45) is 0 Å². The average Bonchev–Trinajstić information content (AvgIpc) is 2.27. The molecule has 3 heteroatoms. The fraction of sp³-hybridized carbons (Fsp3) is 0. The summed E-state index contributed by atoms with van der Waals surface area (Å²) in [5.41, 5.74) is 0.543. The Bertz CT molecular complexity index is 544. The molecular weight excluding hydrogens is 192 g/mol. The van der Waals surface area contributed by atoms with Gasteiger partial charge in [0.25, 0.3) is 0 Å². The van der Waals surface area contributed by atoms with E-state index in [0.717, 1.165) is 5.39 Å². The van der Waals surface area contributed by atoms with E-state index >= 15 is 0 Å². The normalized spacial score (nSPS) is 10.1. The van der Waals surface area contributed by atoms with Crippen molar-refractivity contribution in [3.8, 4) is 0 Å². The third kappa shape index (κ3) is 1.59. The van der Waals surface area contributed by atoms with E-state index in [2.05, 4.69) is 0 Å². The molecule has 0 amide bonds. The minimum Gasteiger partial charge on any atom is -0.478 e. The van der Waals surface area contributed by atoms with Crippen LogP contribution in [0.25, 0.3) is 10.8 Å². The molecule has 0 bridgehead atoms. The summed E-state index contributed by atoms with van der Waals surface area (Å²) in [6, 6.07) is 10.2. The predicted molar refractivity (Wildman–Crippen MR) is 56.3 cm³/mol. The number of rotatable bonds is 2. The highest BCUT2D eigenvalue weighted by atomic mass is 16.4. The van der Waals surface area contributed by atoms with Crippen LogP contribution in [0.2, 0.25) is 0 Å². The SMILES string of the molecule is O=Cc1cc(C(=O)O)c2ccccc2c1. The molecule has 74 valence electrons. The van der Waals surface area contributed by atoms with E-state index in [1.165, 1.54) is 6.07 Å². The molecule has 0 fully saturated rings. The summed E-state index contributed by atoms with van der Waals surface area (Å²) in [5.74, 6) is -1.02. The Labute approximate surface area is 86.0 Å². The van der Waals surface area contributed by atoms with Crippen molar-refractivity contribution in [2.45, 2.75) is 0 Å². The van der Waals surface area contributed by atoms with Crippen molar-refractivity contribution in [2.75, 3.05) is 0 Å². The van der Waals surface area contributed by atoms with Crippen LogP contribution in [0.5, 0.6) is 0 Å². The Morgan fingerprint density at radius 1 is 1.20 bits per heavy atom. The van der Waals surface area contributed by atoms with Gasteiger partial charge in [0.1, 0.15) is 6.29 Å². The van der Waals surface area contributed by atoms with E-state index in [9.17, 15) is 9.59 Å². The summed E-state index contributed by atoms with van der Waals surface area (Å²) in [5, 5.41) is 10.4. The van der Waals surface area contributed by atoms with Gasteiger partial charge in [0, 0.05) is 5.56 Å². The average molecular weight is 200 g/mol. The van der Waals surface area contributed by atoms with Gasteiger partial charge in [0.15, 0.2) is 0 Å². The van der Waals surface area contributed by atoms with E-state index in [-0.39, 0.29) is 5.56 Å². The Morgan fingerprint density at radius 3 is 2.60 bits per heavy atom. The van der Waals surface area contributed by atoms with Crippen LogP contribution in [0, 0.1) is 0 Å². The molecule has 0 aromatic heterocycles. The molecule has 2 rings (SSSR count). The van der Waals surface area contributed by atoms with Gasteiger partial charge in [-0.3, -0.25) is 4.79 Å². The molecule has 1 N–H and O–H groups in total. The maximum Gasteiger partial charge on any atom is 0.336 e. The van der Waals surface area contributed by atoms with E-state index in [4.69, 9.17) is 5.11 Å². The first kappa shape index (κ1) is 9.40. The monoisotopic (exact) mass is 200 g/mol. The molecule has 2 aromatic carbocycles. The lowest BCUT2D eigenvalue weighted by atomic mass is 10.0. The largest absolute Gasteiger partial charge is 0.478 e. The van der Waals surface area contributed by atoms with E-state index in [1.54, 1.807) is 24.3 Å². The standard InChI is InChI=1S/C12H8O3/c13-7-8-5-9-3-1-2-4-10(9)11(6-8)12(14)15/h1-7H,(H,14,15). The van der Waals surface area contributed by atoms with Gasteiger partial charge in [-0.15, -0.1) is 0 Å². The molecule has 0 saturated heterocycles. The molecule has 0 heterocycles. The summed E-state index contributed by atoms with van der Waals surface area (Å²) >= 11 is 0. The van der Waals surface area contributed by atoms with E-state index in [1.807, 2.05) is 6.07 Å². The fourth-order valence-electron chi connectivity index (χ4n) is 1.58.